The fourth-order valence-electron chi connectivity index (χ4n) is 1.64. The highest BCUT2D eigenvalue weighted by molar-refractivity contribution is 6.03. The molecule has 0 atom stereocenters. The summed E-state index contributed by atoms with van der Waals surface area (Å²) in [7, 11) is 2.47. The lowest BCUT2D eigenvalue weighted by atomic mass is 9.96. The Bertz CT molecular complexity index is 516. The number of methoxy groups -OCH3 is 2. The molecule has 0 aliphatic heterocycles. The van der Waals surface area contributed by atoms with Gasteiger partial charge in [-0.3, -0.25) is 4.79 Å². The van der Waals surface area contributed by atoms with Crippen LogP contribution in [0.3, 0.4) is 0 Å². The summed E-state index contributed by atoms with van der Waals surface area (Å²) in [6, 6.07) is 2.77. The van der Waals surface area contributed by atoms with Gasteiger partial charge in [-0.15, -0.1) is 0 Å². The van der Waals surface area contributed by atoms with Crippen molar-refractivity contribution in [2.45, 2.75) is 13.8 Å². The van der Waals surface area contributed by atoms with Gasteiger partial charge in [-0.2, -0.15) is 0 Å². The smallest absolute Gasteiger partial charge is 0.338 e. The Balaban J connectivity index is 3.51. The van der Waals surface area contributed by atoms with Crippen molar-refractivity contribution in [1.82, 2.24) is 0 Å². The maximum atomic E-state index is 11.6. The second kappa shape index (κ2) is 5.44. The molecule has 0 saturated carbocycles. The molecule has 0 spiro atoms. The monoisotopic (exact) mass is 250 g/mol. The molecule has 18 heavy (non-hydrogen) atoms. The Hall–Kier alpha value is -2.17. The molecule has 0 heterocycles. The Morgan fingerprint density at radius 3 is 1.89 bits per heavy atom. The summed E-state index contributed by atoms with van der Waals surface area (Å²) in [5, 5.41) is 0. The predicted molar refractivity (Wildman–Crippen MR) is 63.9 cm³/mol. The maximum Gasteiger partial charge on any atom is 0.338 e. The average Bonchev–Trinajstić information content (AvgIpc) is 2.36. The van der Waals surface area contributed by atoms with Gasteiger partial charge in [-0.25, -0.2) is 9.59 Å². The third-order valence-corrected chi connectivity index (χ3v) is 2.61. The molecule has 96 valence electrons. The van der Waals surface area contributed by atoms with Crippen molar-refractivity contribution in [3.05, 3.63) is 34.4 Å². The largest absolute Gasteiger partial charge is 0.465 e. The van der Waals surface area contributed by atoms with Crippen LogP contribution in [0.15, 0.2) is 12.1 Å². The molecule has 0 aliphatic rings. The van der Waals surface area contributed by atoms with Gasteiger partial charge in [0, 0.05) is 5.56 Å². The predicted octanol–water partition coefficient (Wildman–Crippen LogP) is 1.77. The zero-order valence-corrected chi connectivity index (χ0v) is 10.7. The summed E-state index contributed by atoms with van der Waals surface area (Å²) < 4.78 is 9.19. The molecule has 0 N–H and O–H groups in total. The van der Waals surface area contributed by atoms with Gasteiger partial charge in [0.2, 0.25) is 0 Å². The van der Waals surface area contributed by atoms with E-state index in [4.69, 9.17) is 0 Å². The number of benzene rings is 1. The highest BCUT2D eigenvalue weighted by atomic mass is 16.5. The highest BCUT2D eigenvalue weighted by Gasteiger charge is 2.19. The molecule has 0 aromatic heterocycles. The number of hydrogen-bond donors (Lipinski definition) is 0. The molecule has 0 fully saturated rings. The minimum absolute atomic E-state index is 0.147. The van der Waals surface area contributed by atoms with Crippen LogP contribution in [-0.4, -0.2) is 31.9 Å². The zero-order chi connectivity index (χ0) is 13.9. The van der Waals surface area contributed by atoms with Crippen molar-refractivity contribution in [2.24, 2.45) is 0 Å². The van der Waals surface area contributed by atoms with Crippen LogP contribution in [0.1, 0.15) is 43.6 Å². The third kappa shape index (κ3) is 2.56. The molecule has 1 aromatic carbocycles. The highest BCUT2D eigenvalue weighted by Crippen LogP contribution is 2.19. The molecular formula is C13H14O5. The van der Waals surface area contributed by atoms with Crippen molar-refractivity contribution in [2.75, 3.05) is 14.2 Å². The van der Waals surface area contributed by atoms with Crippen molar-refractivity contribution < 1.29 is 23.9 Å². The van der Waals surface area contributed by atoms with Gasteiger partial charge < -0.3 is 9.47 Å². The Labute approximate surface area is 105 Å². The molecule has 0 radical (unpaired) electrons. The van der Waals surface area contributed by atoms with Crippen LogP contribution in [0.25, 0.3) is 0 Å². The van der Waals surface area contributed by atoms with Crippen LogP contribution in [0.4, 0.5) is 0 Å². The van der Waals surface area contributed by atoms with Gasteiger partial charge in [0.25, 0.3) is 0 Å². The SMILES string of the molecule is COC(=O)c1cc(C(C)=O)c(C)c(C(=O)OC)c1. The van der Waals surface area contributed by atoms with Crippen LogP contribution in [0.2, 0.25) is 0 Å². The van der Waals surface area contributed by atoms with E-state index in [0.29, 0.717) is 11.1 Å². The maximum absolute atomic E-state index is 11.6. The first-order valence-electron chi connectivity index (χ1n) is 5.24. The van der Waals surface area contributed by atoms with Gasteiger partial charge in [0.15, 0.2) is 5.78 Å². The van der Waals surface area contributed by atoms with E-state index in [2.05, 4.69) is 9.47 Å². The number of rotatable bonds is 3. The van der Waals surface area contributed by atoms with Crippen LogP contribution in [0.5, 0.6) is 0 Å². The summed E-state index contributed by atoms with van der Waals surface area (Å²) >= 11 is 0. The lowest BCUT2D eigenvalue weighted by Gasteiger charge is -2.10. The second-order valence-electron chi connectivity index (χ2n) is 3.74. The topological polar surface area (TPSA) is 69.7 Å². The molecule has 5 heteroatoms. The molecule has 1 aromatic rings. The van der Waals surface area contributed by atoms with Gasteiger partial charge in [0.05, 0.1) is 25.3 Å². The number of carbonyl (C=O) groups excluding carboxylic acids is 3. The normalized spacial score (nSPS) is 9.78. The summed E-state index contributed by atoms with van der Waals surface area (Å²) in [4.78, 5) is 34.6. The number of esters is 2. The fourth-order valence-corrected chi connectivity index (χ4v) is 1.64. The Kier molecular flexibility index (Phi) is 4.20. The standard InChI is InChI=1S/C13H14O5/c1-7-10(8(2)14)5-9(12(15)17-3)6-11(7)13(16)18-4/h5-6H,1-4H3. The summed E-state index contributed by atoms with van der Waals surface area (Å²) in [5.41, 5.74) is 1.12. The van der Waals surface area contributed by atoms with E-state index in [0.717, 1.165) is 0 Å². The molecule has 0 aliphatic carbocycles. The van der Waals surface area contributed by atoms with Gasteiger partial charge in [0.1, 0.15) is 0 Å². The third-order valence-electron chi connectivity index (χ3n) is 2.61. The fraction of sp³-hybridized carbons (Fsp3) is 0.308. The number of ether oxygens (including phenoxy) is 2. The zero-order valence-electron chi connectivity index (χ0n) is 10.7. The van der Waals surface area contributed by atoms with Crippen LogP contribution >= 0.6 is 0 Å². The Morgan fingerprint density at radius 2 is 1.44 bits per heavy atom. The van der Waals surface area contributed by atoms with Gasteiger partial charge >= 0.3 is 11.9 Å². The molecule has 0 saturated heterocycles. The Morgan fingerprint density at radius 1 is 0.944 bits per heavy atom. The molecular weight excluding hydrogens is 236 g/mol. The number of carbonyl (C=O) groups is 3. The number of Topliss-reactive ketones (excluding diaryl/α,β-unsaturated/α-hetero) is 1. The van der Waals surface area contributed by atoms with E-state index < -0.39 is 11.9 Å². The lowest BCUT2D eigenvalue weighted by Crippen LogP contribution is -2.12. The van der Waals surface area contributed by atoms with E-state index in [1.54, 1.807) is 6.92 Å². The molecule has 5 nitrogen and oxygen atoms in total. The minimum Gasteiger partial charge on any atom is -0.465 e. The first kappa shape index (κ1) is 13.9. The molecule has 1 rings (SSSR count). The van der Waals surface area contributed by atoms with Crippen molar-refractivity contribution in [1.29, 1.82) is 0 Å². The minimum atomic E-state index is -0.609. The van der Waals surface area contributed by atoms with Crippen molar-refractivity contribution >= 4 is 17.7 Å². The second-order valence-corrected chi connectivity index (χ2v) is 3.74. The first-order chi connectivity index (χ1) is 8.42. The van der Waals surface area contributed by atoms with Crippen LogP contribution in [0, 0.1) is 6.92 Å². The van der Waals surface area contributed by atoms with E-state index in [9.17, 15) is 14.4 Å². The van der Waals surface area contributed by atoms with Gasteiger partial charge in [-0.05, 0) is 31.5 Å². The van der Waals surface area contributed by atoms with E-state index in [-0.39, 0.29) is 16.9 Å². The van der Waals surface area contributed by atoms with E-state index in [1.165, 1.54) is 33.3 Å². The van der Waals surface area contributed by atoms with E-state index >= 15 is 0 Å². The quantitative estimate of drug-likeness (QED) is 0.604. The van der Waals surface area contributed by atoms with Gasteiger partial charge in [-0.1, -0.05) is 0 Å². The van der Waals surface area contributed by atoms with E-state index in [1.807, 2.05) is 0 Å². The molecule has 0 bridgehead atoms. The average molecular weight is 250 g/mol. The van der Waals surface area contributed by atoms with Crippen LogP contribution in [-0.2, 0) is 9.47 Å². The van der Waals surface area contributed by atoms with Crippen molar-refractivity contribution in [3.8, 4) is 0 Å². The molecule has 0 unspecified atom stereocenters. The summed E-state index contributed by atoms with van der Waals surface area (Å²) in [6.07, 6.45) is 0. The number of hydrogen-bond acceptors (Lipinski definition) is 5. The van der Waals surface area contributed by atoms with Crippen molar-refractivity contribution in [3.63, 3.8) is 0 Å². The van der Waals surface area contributed by atoms with Crippen LogP contribution < -0.4 is 0 Å². The number of ketones is 1. The summed E-state index contributed by atoms with van der Waals surface area (Å²) in [5.74, 6) is -1.44. The molecule has 0 amide bonds. The first-order valence-corrected chi connectivity index (χ1v) is 5.24. The summed E-state index contributed by atoms with van der Waals surface area (Å²) in [6.45, 7) is 2.99. The lowest BCUT2D eigenvalue weighted by molar-refractivity contribution is 0.0598.